The number of piperidine rings is 1. The lowest BCUT2D eigenvalue weighted by molar-refractivity contribution is 0.0914. The standard InChI is InChI=1S/C19H25N5O2/c1-14-5-4-10-24-17(14)16(13-20-24)18(25)21-15-6-11-23(12-7-15)19(26)22-8-2-3-9-22/h4-5,10,13,15H,2-3,6-9,11-12H2,1H3,(H,21,25). The quantitative estimate of drug-likeness (QED) is 0.896. The van der Waals surface area contributed by atoms with E-state index in [0.29, 0.717) is 18.7 Å². The van der Waals surface area contributed by atoms with Crippen LogP contribution in [0, 0.1) is 6.92 Å². The predicted octanol–water partition coefficient (Wildman–Crippen LogP) is 2.05. The molecule has 2 aliphatic rings. The van der Waals surface area contributed by atoms with Crippen molar-refractivity contribution >= 4 is 17.5 Å². The van der Waals surface area contributed by atoms with Gasteiger partial charge in [0.1, 0.15) is 0 Å². The SMILES string of the molecule is Cc1cccn2ncc(C(=O)NC3CCN(C(=O)N4CCCC4)CC3)c12. The van der Waals surface area contributed by atoms with E-state index in [1.165, 1.54) is 0 Å². The Morgan fingerprint density at radius 3 is 2.54 bits per heavy atom. The van der Waals surface area contributed by atoms with Crippen molar-refractivity contribution in [2.75, 3.05) is 26.2 Å². The van der Waals surface area contributed by atoms with E-state index in [9.17, 15) is 9.59 Å². The van der Waals surface area contributed by atoms with Crippen molar-refractivity contribution in [3.05, 3.63) is 35.7 Å². The minimum absolute atomic E-state index is 0.0846. The third-order valence-corrected chi connectivity index (χ3v) is 5.46. The van der Waals surface area contributed by atoms with Crippen LogP contribution in [0.15, 0.2) is 24.5 Å². The summed E-state index contributed by atoms with van der Waals surface area (Å²) in [7, 11) is 0. The van der Waals surface area contributed by atoms with Crippen molar-refractivity contribution in [2.24, 2.45) is 0 Å². The zero-order valence-electron chi connectivity index (χ0n) is 15.1. The van der Waals surface area contributed by atoms with Gasteiger partial charge >= 0.3 is 6.03 Å². The number of likely N-dealkylation sites (tertiary alicyclic amines) is 2. The molecule has 0 saturated carbocycles. The first-order valence-electron chi connectivity index (χ1n) is 9.41. The fraction of sp³-hybridized carbons (Fsp3) is 0.526. The third-order valence-electron chi connectivity index (χ3n) is 5.46. The van der Waals surface area contributed by atoms with Gasteiger partial charge in [0.05, 0.1) is 17.3 Å². The molecular formula is C19H25N5O2. The summed E-state index contributed by atoms with van der Waals surface area (Å²) in [4.78, 5) is 29.0. The molecule has 3 amide bonds. The molecule has 7 nitrogen and oxygen atoms in total. The molecule has 7 heteroatoms. The molecule has 2 aliphatic heterocycles. The van der Waals surface area contributed by atoms with Gasteiger partial charge in [0.25, 0.3) is 5.91 Å². The van der Waals surface area contributed by atoms with Gasteiger partial charge in [-0.15, -0.1) is 0 Å². The summed E-state index contributed by atoms with van der Waals surface area (Å²) in [6, 6.07) is 4.16. The maximum atomic E-state index is 12.7. The number of aryl methyl sites for hydroxylation is 1. The number of amides is 3. The van der Waals surface area contributed by atoms with Crippen LogP contribution < -0.4 is 5.32 Å². The van der Waals surface area contributed by atoms with E-state index in [1.807, 2.05) is 35.1 Å². The molecule has 2 aromatic heterocycles. The van der Waals surface area contributed by atoms with Crippen LogP contribution in [-0.4, -0.2) is 63.6 Å². The van der Waals surface area contributed by atoms with Gasteiger partial charge in [0, 0.05) is 38.4 Å². The van der Waals surface area contributed by atoms with E-state index >= 15 is 0 Å². The van der Waals surface area contributed by atoms with E-state index in [-0.39, 0.29) is 18.0 Å². The molecule has 2 fully saturated rings. The highest BCUT2D eigenvalue weighted by Gasteiger charge is 2.28. The Hall–Kier alpha value is -2.57. The summed E-state index contributed by atoms with van der Waals surface area (Å²) in [5.41, 5.74) is 2.49. The maximum absolute atomic E-state index is 12.7. The number of fused-ring (bicyclic) bond motifs is 1. The van der Waals surface area contributed by atoms with Gasteiger partial charge in [-0.2, -0.15) is 5.10 Å². The number of nitrogens with one attached hydrogen (secondary N) is 1. The van der Waals surface area contributed by atoms with Crippen LogP contribution in [0.4, 0.5) is 4.79 Å². The summed E-state index contributed by atoms with van der Waals surface area (Å²) >= 11 is 0. The maximum Gasteiger partial charge on any atom is 0.319 e. The van der Waals surface area contributed by atoms with Crippen LogP contribution in [0.5, 0.6) is 0 Å². The Bertz CT molecular complexity index is 816. The molecule has 0 aliphatic carbocycles. The van der Waals surface area contributed by atoms with Crippen molar-refractivity contribution in [3.8, 4) is 0 Å². The highest BCUT2D eigenvalue weighted by molar-refractivity contribution is 6.01. The zero-order chi connectivity index (χ0) is 18.1. The average Bonchev–Trinajstić information content (AvgIpc) is 3.32. The van der Waals surface area contributed by atoms with Gasteiger partial charge in [-0.3, -0.25) is 4.79 Å². The van der Waals surface area contributed by atoms with Gasteiger partial charge in [-0.1, -0.05) is 6.07 Å². The van der Waals surface area contributed by atoms with E-state index in [1.54, 1.807) is 10.7 Å². The minimum atomic E-state index is -0.0846. The lowest BCUT2D eigenvalue weighted by atomic mass is 10.0. The number of rotatable bonds is 2. The number of aromatic nitrogens is 2. The molecular weight excluding hydrogens is 330 g/mol. The number of nitrogens with zero attached hydrogens (tertiary/aromatic N) is 4. The fourth-order valence-corrected chi connectivity index (χ4v) is 3.97. The summed E-state index contributed by atoms with van der Waals surface area (Å²) in [5.74, 6) is -0.0846. The first-order valence-corrected chi connectivity index (χ1v) is 9.41. The van der Waals surface area contributed by atoms with Crippen molar-refractivity contribution in [1.82, 2.24) is 24.7 Å². The van der Waals surface area contributed by atoms with Gasteiger partial charge in [0.15, 0.2) is 0 Å². The van der Waals surface area contributed by atoms with Crippen molar-refractivity contribution in [2.45, 2.75) is 38.6 Å². The topological polar surface area (TPSA) is 70.0 Å². The first kappa shape index (κ1) is 16.9. The Kier molecular flexibility index (Phi) is 4.53. The summed E-state index contributed by atoms with van der Waals surface area (Å²) in [5, 5.41) is 7.40. The van der Waals surface area contributed by atoms with Crippen LogP contribution in [-0.2, 0) is 0 Å². The number of pyridine rings is 1. The normalized spacial score (nSPS) is 18.5. The fourth-order valence-electron chi connectivity index (χ4n) is 3.97. The molecule has 1 N–H and O–H groups in total. The highest BCUT2D eigenvalue weighted by Crippen LogP contribution is 2.18. The monoisotopic (exact) mass is 355 g/mol. The van der Waals surface area contributed by atoms with E-state index in [4.69, 9.17) is 0 Å². The number of carbonyl (C=O) groups excluding carboxylic acids is 2. The molecule has 2 saturated heterocycles. The summed E-state index contributed by atoms with van der Waals surface area (Å²) < 4.78 is 1.74. The van der Waals surface area contributed by atoms with Crippen molar-refractivity contribution in [3.63, 3.8) is 0 Å². The van der Waals surface area contributed by atoms with Crippen LogP contribution in [0.2, 0.25) is 0 Å². The van der Waals surface area contributed by atoms with Crippen molar-refractivity contribution < 1.29 is 9.59 Å². The van der Waals surface area contributed by atoms with E-state index in [2.05, 4.69) is 10.4 Å². The number of carbonyl (C=O) groups is 2. The molecule has 4 heterocycles. The van der Waals surface area contributed by atoms with Crippen LogP contribution >= 0.6 is 0 Å². The smallest absolute Gasteiger partial charge is 0.319 e. The second-order valence-electron chi connectivity index (χ2n) is 7.25. The van der Waals surface area contributed by atoms with Gasteiger partial charge in [-0.05, 0) is 44.2 Å². The van der Waals surface area contributed by atoms with Crippen LogP contribution in [0.25, 0.3) is 5.52 Å². The Balaban J connectivity index is 1.36. The molecule has 4 rings (SSSR count). The Morgan fingerprint density at radius 1 is 1.12 bits per heavy atom. The lowest BCUT2D eigenvalue weighted by Crippen LogP contribution is -2.50. The third kappa shape index (κ3) is 3.13. The predicted molar refractivity (Wildman–Crippen MR) is 98.2 cm³/mol. The molecule has 0 aromatic carbocycles. The highest BCUT2D eigenvalue weighted by atomic mass is 16.2. The number of hydrogen-bond acceptors (Lipinski definition) is 3. The second kappa shape index (κ2) is 6.97. The van der Waals surface area contributed by atoms with Gasteiger partial charge in [0.2, 0.25) is 0 Å². The van der Waals surface area contributed by atoms with E-state index < -0.39 is 0 Å². The molecule has 138 valence electrons. The summed E-state index contributed by atoms with van der Waals surface area (Å²) in [6.45, 7) is 5.14. The first-order chi connectivity index (χ1) is 12.6. The van der Waals surface area contributed by atoms with Crippen molar-refractivity contribution in [1.29, 1.82) is 0 Å². The molecule has 0 bridgehead atoms. The summed E-state index contributed by atoms with van der Waals surface area (Å²) in [6.07, 6.45) is 7.28. The minimum Gasteiger partial charge on any atom is -0.349 e. The Morgan fingerprint density at radius 2 is 1.81 bits per heavy atom. The second-order valence-corrected chi connectivity index (χ2v) is 7.25. The van der Waals surface area contributed by atoms with Gasteiger partial charge in [-0.25, -0.2) is 9.31 Å². The Labute approximate surface area is 152 Å². The molecule has 0 unspecified atom stereocenters. The molecule has 2 aromatic rings. The average molecular weight is 355 g/mol. The molecule has 0 spiro atoms. The van der Waals surface area contributed by atoms with E-state index in [0.717, 1.165) is 49.9 Å². The number of urea groups is 1. The molecule has 0 radical (unpaired) electrons. The van der Waals surface area contributed by atoms with Crippen LogP contribution in [0.1, 0.15) is 41.6 Å². The van der Waals surface area contributed by atoms with Crippen LogP contribution in [0.3, 0.4) is 0 Å². The number of hydrogen-bond donors (Lipinski definition) is 1. The molecule has 26 heavy (non-hydrogen) atoms. The zero-order valence-corrected chi connectivity index (χ0v) is 15.1. The molecule has 0 atom stereocenters. The van der Waals surface area contributed by atoms with Gasteiger partial charge < -0.3 is 15.1 Å². The largest absolute Gasteiger partial charge is 0.349 e. The lowest BCUT2D eigenvalue weighted by Gasteiger charge is -2.34.